The Balaban J connectivity index is 1.66. The van der Waals surface area contributed by atoms with E-state index in [0.717, 1.165) is 40.4 Å². The topological polar surface area (TPSA) is 49.9 Å². The van der Waals surface area contributed by atoms with Crippen LogP contribution in [0.25, 0.3) is 22.0 Å². The number of rotatable bonds is 4. The van der Waals surface area contributed by atoms with E-state index < -0.39 is 0 Å². The molecule has 3 nitrogen and oxygen atoms in total. The van der Waals surface area contributed by atoms with Gasteiger partial charge in [-0.2, -0.15) is 0 Å². The highest BCUT2D eigenvalue weighted by Crippen LogP contribution is 2.40. The average molecular weight is 365 g/mol. The molecule has 0 spiro atoms. The van der Waals surface area contributed by atoms with Gasteiger partial charge in [0, 0.05) is 33.2 Å². The zero-order valence-corrected chi connectivity index (χ0v) is 15.4. The third-order valence-corrected chi connectivity index (χ3v) is 5.56. The Morgan fingerprint density at radius 1 is 0.679 bits per heavy atom. The second-order valence-corrected chi connectivity index (χ2v) is 7.25. The van der Waals surface area contributed by atoms with Crippen molar-refractivity contribution in [2.24, 2.45) is 0 Å². The molecule has 136 valence electrons. The minimum atomic E-state index is -0.0585. The molecule has 0 saturated heterocycles. The predicted octanol–water partition coefficient (Wildman–Crippen LogP) is 4.91. The number of benzene rings is 3. The second-order valence-electron chi connectivity index (χ2n) is 7.25. The predicted molar refractivity (Wildman–Crippen MR) is 112 cm³/mol. The molecule has 1 aliphatic rings. The molecule has 3 heteroatoms. The SMILES string of the molecule is O=C1c2ccccc2-c2c(CCCc3ccccc3)c(=O)[nH]c3cccc1c23. The lowest BCUT2D eigenvalue weighted by molar-refractivity contribution is 0.104. The summed E-state index contributed by atoms with van der Waals surface area (Å²) in [5.74, 6) is 0.0241. The Morgan fingerprint density at radius 3 is 2.21 bits per heavy atom. The third kappa shape index (κ3) is 2.59. The molecule has 0 fully saturated rings. The number of hydrogen-bond acceptors (Lipinski definition) is 2. The van der Waals surface area contributed by atoms with Gasteiger partial charge in [-0.3, -0.25) is 9.59 Å². The van der Waals surface area contributed by atoms with Gasteiger partial charge in [0.2, 0.25) is 0 Å². The average Bonchev–Trinajstić information content (AvgIpc) is 2.73. The maximum absolute atomic E-state index is 13.0. The highest BCUT2D eigenvalue weighted by Gasteiger charge is 2.28. The summed E-state index contributed by atoms with van der Waals surface area (Å²) < 4.78 is 0. The van der Waals surface area contributed by atoms with E-state index in [1.54, 1.807) is 0 Å². The van der Waals surface area contributed by atoms with Gasteiger partial charge >= 0.3 is 0 Å². The largest absolute Gasteiger partial charge is 0.322 e. The first kappa shape index (κ1) is 16.7. The van der Waals surface area contributed by atoms with Crippen molar-refractivity contribution in [3.63, 3.8) is 0 Å². The summed E-state index contributed by atoms with van der Waals surface area (Å²) in [6.45, 7) is 0. The van der Waals surface area contributed by atoms with E-state index >= 15 is 0 Å². The number of H-pyrrole nitrogens is 1. The zero-order chi connectivity index (χ0) is 19.1. The molecule has 1 aromatic heterocycles. The number of carbonyl (C=O) groups is 1. The number of pyridine rings is 1. The van der Waals surface area contributed by atoms with Crippen LogP contribution in [0.1, 0.15) is 33.5 Å². The Morgan fingerprint density at radius 2 is 1.39 bits per heavy atom. The summed E-state index contributed by atoms with van der Waals surface area (Å²) in [7, 11) is 0. The molecule has 0 aliphatic heterocycles. The molecule has 0 saturated carbocycles. The number of aromatic nitrogens is 1. The normalized spacial score (nSPS) is 12.2. The van der Waals surface area contributed by atoms with E-state index in [2.05, 4.69) is 17.1 Å². The molecule has 3 aromatic carbocycles. The molecule has 1 heterocycles. The molecule has 0 amide bonds. The van der Waals surface area contributed by atoms with Crippen LogP contribution in [0.5, 0.6) is 0 Å². The van der Waals surface area contributed by atoms with Crippen molar-refractivity contribution in [3.8, 4) is 11.1 Å². The fraction of sp³-hybridized carbons (Fsp3) is 0.120. The number of hydrogen-bond donors (Lipinski definition) is 1. The van der Waals surface area contributed by atoms with Gasteiger partial charge in [-0.25, -0.2) is 0 Å². The van der Waals surface area contributed by atoms with Gasteiger partial charge < -0.3 is 4.98 Å². The third-order valence-electron chi connectivity index (χ3n) is 5.56. The fourth-order valence-corrected chi connectivity index (χ4v) is 4.27. The quantitative estimate of drug-likeness (QED) is 0.492. The van der Waals surface area contributed by atoms with Gasteiger partial charge in [0.05, 0.1) is 0 Å². The van der Waals surface area contributed by atoms with E-state index in [-0.39, 0.29) is 11.3 Å². The van der Waals surface area contributed by atoms with Crippen LogP contribution in [-0.2, 0) is 12.8 Å². The summed E-state index contributed by atoms with van der Waals surface area (Å²) in [5.41, 5.74) is 5.86. The maximum atomic E-state index is 13.0. The Kier molecular flexibility index (Phi) is 3.94. The van der Waals surface area contributed by atoms with Gasteiger partial charge in [-0.05, 0) is 36.5 Å². The highest BCUT2D eigenvalue weighted by atomic mass is 16.1. The van der Waals surface area contributed by atoms with Crippen LogP contribution in [-0.4, -0.2) is 10.8 Å². The molecule has 0 radical (unpaired) electrons. The summed E-state index contributed by atoms with van der Waals surface area (Å²) in [6, 6.07) is 23.5. The van der Waals surface area contributed by atoms with E-state index in [4.69, 9.17) is 0 Å². The van der Waals surface area contributed by atoms with Crippen LogP contribution in [0.4, 0.5) is 0 Å². The molecule has 0 atom stereocenters. The van der Waals surface area contributed by atoms with E-state index in [9.17, 15) is 9.59 Å². The van der Waals surface area contributed by atoms with Gasteiger partial charge in [-0.1, -0.05) is 66.7 Å². The standard InChI is InChI=1S/C25H19NO2/c27-24-18-12-5-4-11-17(18)22-20(14-6-10-16-8-2-1-3-9-16)25(28)26-21-15-7-13-19(24)23(21)22/h1-5,7-9,11-13,15H,6,10,14H2,(H,26,28). The van der Waals surface area contributed by atoms with Crippen LogP contribution >= 0.6 is 0 Å². The monoisotopic (exact) mass is 365 g/mol. The lowest BCUT2D eigenvalue weighted by Gasteiger charge is -2.22. The molecule has 1 N–H and O–H groups in total. The number of nitrogens with one attached hydrogen (secondary N) is 1. The summed E-state index contributed by atoms with van der Waals surface area (Å²) in [4.78, 5) is 28.9. The minimum Gasteiger partial charge on any atom is -0.322 e. The van der Waals surface area contributed by atoms with Gasteiger partial charge in [-0.15, -0.1) is 0 Å². The van der Waals surface area contributed by atoms with Crippen molar-refractivity contribution in [1.29, 1.82) is 0 Å². The van der Waals surface area contributed by atoms with E-state index in [0.29, 0.717) is 17.5 Å². The molecule has 4 aromatic rings. The summed E-state index contributed by atoms with van der Waals surface area (Å²) >= 11 is 0. The number of fused-ring (bicyclic) bond motifs is 2. The first-order valence-electron chi connectivity index (χ1n) is 9.60. The maximum Gasteiger partial charge on any atom is 0.252 e. The first-order chi connectivity index (χ1) is 13.7. The second kappa shape index (κ2) is 6.61. The molecule has 1 aliphatic carbocycles. The van der Waals surface area contributed by atoms with Crippen LogP contribution in [0, 0.1) is 0 Å². The zero-order valence-electron chi connectivity index (χ0n) is 15.4. The van der Waals surface area contributed by atoms with Crippen molar-refractivity contribution < 1.29 is 4.79 Å². The molecule has 0 bridgehead atoms. The molecule has 28 heavy (non-hydrogen) atoms. The lowest BCUT2D eigenvalue weighted by atomic mass is 9.81. The van der Waals surface area contributed by atoms with Crippen molar-refractivity contribution in [2.75, 3.05) is 0 Å². The Bertz CT molecular complexity index is 1270. The van der Waals surface area contributed by atoms with Crippen molar-refractivity contribution in [1.82, 2.24) is 4.98 Å². The fourth-order valence-electron chi connectivity index (χ4n) is 4.27. The molecule has 5 rings (SSSR count). The van der Waals surface area contributed by atoms with Crippen molar-refractivity contribution >= 4 is 16.7 Å². The molecular formula is C25H19NO2. The number of aromatic amines is 1. The lowest BCUT2D eigenvalue weighted by Crippen LogP contribution is -2.19. The van der Waals surface area contributed by atoms with E-state index in [1.807, 2.05) is 60.7 Å². The molecule has 0 unspecified atom stereocenters. The minimum absolute atomic E-state index is 0.0241. The van der Waals surface area contributed by atoms with Gasteiger partial charge in [0.25, 0.3) is 5.56 Å². The van der Waals surface area contributed by atoms with Crippen LogP contribution < -0.4 is 5.56 Å². The van der Waals surface area contributed by atoms with Crippen molar-refractivity contribution in [3.05, 3.63) is 105 Å². The van der Waals surface area contributed by atoms with Crippen LogP contribution in [0.3, 0.4) is 0 Å². The van der Waals surface area contributed by atoms with Gasteiger partial charge in [0.15, 0.2) is 5.78 Å². The van der Waals surface area contributed by atoms with Crippen LogP contribution in [0.15, 0.2) is 77.6 Å². The summed E-state index contributed by atoms with van der Waals surface area (Å²) in [5, 5.41) is 0.875. The van der Waals surface area contributed by atoms with Crippen LogP contribution in [0.2, 0.25) is 0 Å². The number of carbonyl (C=O) groups excluding carboxylic acids is 1. The Labute approximate surface area is 162 Å². The van der Waals surface area contributed by atoms with E-state index in [1.165, 1.54) is 5.56 Å². The smallest absolute Gasteiger partial charge is 0.252 e. The van der Waals surface area contributed by atoms with Gasteiger partial charge in [0.1, 0.15) is 0 Å². The Hall–Kier alpha value is -3.46. The molecular weight excluding hydrogens is 346 g/mol. The number of aryl methyl sites for hydroxylation is 1. The number of ketones is 1. The van der Waals surface area contributed by atoms with Crippen molar-refractivity contribution in [2.45, 2.75) is 19.3 Å². The first-order valence-corrected chi connectivity index (χ1v) is 9.60. The summed E-state index contributed by atoms with van der Waals surface area (Å²) in [6.07, 6.45) is 2.47. The highest BCUT2D eigenvalue weighted by molar-refractivity contribution is 6.25.